The highest BCUT2D eigenvalue weighted by atomic mass is 16.5. The average Bonchev–Trinajstić information content (AvgIpc) is 3.07. The number of nitrogens with zero attached hydrogens (tertiary/aromatic N) is 3. The lowest BCUT2D eigenvalue weighted by atomic mass is 10.1. The number of hydrogen-bond donors (Lipinski definition) is 2. The Morgan fingerprint density at radius 1 is 0.846 bits per heavy atom. The molecular weight excluding hydrogens is 338 g/mol. The molecule has 2 aromatic rings. The fourth-order valence-corrected chi connectivity index (χ4v) is 3.40. The van der Waals surface area contributed by atoms with Gasteiger partial charge in [0.2, 0.25) is 0 Å². The van der Waals surface area contributed by atoms with Crippen molar-refractivity contribution in [2.24, 2.45) is 0 Å². The van der Waals surface area contributed by atoms with Gasteiger partial charge in [0.1, 0.15) is 0 Å². The van der Waals surface area contributed by atoms with E-state index >= 15 is 0 Å². The molecule has 2 aliphatic rings. The van der Waals surface area contributed by atoms with Gasteiger partial charge in [0.05, 0.1) is 24.2 Å². The number of H-pyrrole nitrogens is 2. The maximum atomic E-state index is 12.7. The average molecular weight is 359 g/mol. The minimum Gasteiger partial charge on any atom is -0.378 e. The third-order valence-electron chi connectivity index (χ3n) is 4.88. The fraction of sp³-hybridized carbons (Fsp3) is 0.471. The van der Waals surface area contributed by atoms with E-state index in [1.165, 1.54) is 0 Å². The summed E-state index contributed by atoms with van der Waals surface area (Å²) in [6.45, 7) is 4.42. The highest BCUT2D eigenvalue weighted by Crippen LogP contribution is 2.15. The molecule has 1 aromatic carbocycles. The van der Waals surface area contributed by atoms with Crippen LogP contribution >= 0.6 is 0 Å². The van der Waals surface area contributed by atoms with E-state index in [0.717, 1.165) is 0 Å². The number of nitrogens with one attached hydrogen (secondary N) is 2. The molecule has 1 aromatic heterocycles. The molecular formula is C17H21N5O4. The van der Waals surface area contributed by atoms with Crippen molar-refractivity contribution in [1.29, 1.82) is 0 Å². The highest BCUT2D eigenvalue weighted by molar-refractivity contribution is 5.97. The van der Waals surface area contributed by atoms with Gasteiger partial charge in [0.25, 0.3) is 5.91 Å². The predicted molar refractivity (Wildman–Crippen MR) is 94.2 cm³/mol. The molecule has 0 unspecified atom stereocenters. The van der Waals surface area contributed by atoms with Gasteiger partial charge >= 0.3 is 11.7 Å². The van der Waals surface area contributed by atoms with Crippen LogP contribution in [0.2, 0.25) is 0 Å². The van der Waals surface area contributed by atoms with Gasteiger partial charge in [0.15, 0.2) is 0 Å². The van der Waals surface area contributed by atoms with Crippen molar-refractivity contribution in [1.82, 2.24) is 24.7 Å². The van der Waals surface area contributed by atoms with Crippen molar-refractivity contribution in [2.45, 2.75) is 0 Å². The summed E-state index contributed by atoms with van der Waals surface area (Å²) in [7, 11) is 0. The summed E-state index contributed by atoms with van der Waals surface area (Å²) in [5, 5.41) is 0. The number of urea groups is 1. The molecule has 0 spiro atoms. The molecule has 4 rings (SSSR count). The van der Waals surface area contributed by atoms with E-state index in [2.05, 4.69) is 9.97 Å². The molecule has 2 aliphatic heterocycles. The second-order valence-corrected chi connectivity index (χ2v) is 6.50. The molecule has 9 nitrogen and oxygen atoms in total. The van der Waals surface area contributed by atoms with E-state index in [4.69, 9.17) is 4.74 Å². The van der Waals surface area contributed by atoms with E-state index in [1.807, 2.05) is 0 Å². The number of hydrogen-bond acceptors (Lipinski definition) is 4. The zero-order valence-electron chi connectivity index (χ0n) is 14.4. The fourth-order valence-electron chi connectivity index (χ4n) is 3.40. The van der Waals surface area contributed by atoms with Gasteiger partial charge in [-0.05, 0) is 18.2 Å². The van der Waals surface area contributed by atoms with Crippen LogP contribution < -0.4 is 5.69 Å². The van der Waals surface area contributed by atoms with Gasteiger partial charge in [-0.1, -0.05) is 0 Å². The third-order valence-corrected chi connectivity index (χ3v) is 4.88. The number of fused-ring (bicyclic) bond motifs is 1. The van der Waals surface area contributed by atoms with Crippen molar-refractivity contribution < 1.29 is 14.3 Å². The Morgan fingerprint density at radius 2 is 1.46 bits per heavy atom. The minimum absolute atomic E-state index is 0.0201. The number of amides is 3. The first kappa shape index (κ1) is 16.6. The Balaban J connectivity index is 1.39. The third kappa shape index (κ3) is 3.17. The number of piperazine rings is 1. The lowest BCUT2D eigenvalue weighted by Crippen LogP contribution is -2.55. The van der Waals surface area contributed by atoms with E-state index < -0.39 is 0 Å². The molecule has 2 N–H and O–H groups in total. The van der Waals surface area contributed by atoms with E-state index in [-0.39, 0.29) is 17.6 Å². The van der Waals surface area contributed by atoms with Crippen molar-refractivity contribution in [3.63, 3.8) is 0 Å². The summed E-state index contributed by atoms with van der Waals surface area (Å²) in [6.07, 6.45) is 0. The summed E-state index contributed by atoms with van der Waals surface area (Å²) < 4.78 is 5.28. The summed E-state index contributed by atoms with van der Waals surface area (Å²) in [5.41, 5.74) is 1.52. The standard InChI is InChI=1S/C17H21N5O4/c23-15(12-1-2-13-14(11-12)19-16(24)18-13)20-3-5-21(6-4-20)17(25)22-7-9-26-10-8-22/h1-2,11H,3-10H2,(H2,18,19,24). The number of carbonyl (C=O) groups excluding carboxylic acids is 2. The number of carbonyl (C=O) groups is 2. The Morgan fingerprint density at radius 3 is 2.19 bits per heavy atom. The SMILES string of the molecule is O=C(c1ccc2[nH]c(=O)[nH]c2c1)N1CCN(C(=O)N2CCOCC2)CC1. The number of aromatic amines is 2. The molecule has 3 heterocycles. The summed E-state index contributed by atoms with van der Waals surface area (Å²) in [6, 6.07) is 5.13. The molecule has 2 fully saturated rings. The molecule has 9 heteroatoms. The number of aromatic nitrogens is 2. The number of benzene rings is 1. The Labute approximate surface area is 149 Å². The van der Waals surface area contributed by atoms with Crippen LogP contribution in [0.4, 0.5) is 4.79 Å². The first-order chi connectivity index (χ1) is 12.6. The van der Waals surface area contributed by atoms with Crippen molar-refractivity contribution in [2.75, 3.05) is 52.5 Å². The molecule has 0 atom stereocenters. The van der Waals surface area contributed by atoms with Crippen molar-refractivity contribution in [3.8, 4) is 0 Å². The maximum absolute atomic E-state index is 12.7. The minimum atomic E-state index is -0.292. The summed E-state index contributed by atoms with van der Waals surface area (Å²) in [5.74, 6) is -0.0904. The van der Waals surface area contributed by atoms with Crippen LogP contribution in [0, 0.1) is 0 Å². The second kappa shape index (κ2) is 6.83. The van der Waals surface area contributed by atoms with Crippen LogP contribution in [0.3, 0.4) is 0 Å². The van der Waals surface area contributed by atoms with Crippen molar-refractivity contribution >= 4 is 23.0 Å². The monoisotopic (exact) mass is 359 g/mol. The molecule has 3 amide bonds. The van der Waals surface area contributed by atoms with Gasteiger partial charge in [-0.2, -0.15) is 0 Å². The summed E-state index contributed by atoms with van der Waals surface area (Å²) in [4.78, 5) is 47.2. The van der Waals surface area contributed by atoms with Gasteiger partial charge in [-0.25, -0.2) is 9.59 Å². The van der Waals surface area contributed by atoms with Crippen LogP contribution in [0.5, 0.6) is 0 Å². The van der Waals surface area contributed by atoms with Crippen molar-refractivity contribution in [3.05, 3.63) is 34.2 Å². The van der Waals surface area contributed by atoms with E-state index in [9.17, 15) is 14.4 Å². The molecule has 26 heavy (non-hydrogen) atoms. The second-order valence-electron chi connectivity index (χ2n) is 6.50. The number of ether oxygens (including phenoxy) is 1. The van der Waals surface area contributed by atoms with Crippen LogP contribution in [-0.2, 0) is 4.74 Å². The van der Waals surface area contributed by atoms with Gasteiger partial charge < -0.3 is 29.4 Å². The first-order valence-corrected chi connectivity index (χ1v) is 8.75. The van der Waals surface area contributed by atoms with Gasteiger partial charge in [-0.3, -0.25) is 4.79 Å². The molecule has 0 bridgehead atoms. The first-order valence-electron chi connectivity index (χ1n) is 8.75. The largest absolute Gasteiger partial charge is 0.378 e. The quantitative estimate of drug-likeness (QED) is 0.752. The van der Waals surface area contributed by atoms with Gasteiger partial charge in [-0.15, -0.1) is 0 Å². The predicted octanol–water partition coefficient (Wildman–Crippen LogP) is 0.0662. The molecule has 0 radical (unpaired) electrons. The smallest absolute Gasteiger partial charge is 0.323 e. The lowest BCUT2D eigenvalue weighted by molar-refractivity contribution is 0.0362. The number of rotatable bonds is 1. The molecule has 138 valence electrons. The molecule has 0 aliphatic carbocycles. The molecule has 0 saturated carbocycles. The topological polar surface area (TPSA) is 102 Å². The van der Waals surface area contributed by atoms with Crippen LogP contribution in [0.1, 0.15) is 10.4 Å². The van der Waals surface area contributed by atoms with E-state index in [0.29, 0.717) is 69.1 Å². The summed E-state index contributed by atoms with van der Waals surface area (Å²) >= 11 is 0. The Hall–Kier alpha value is -2.81. The van der Waals surface area contributed by atoms with Crippen LogP contribution in [0.15, 0.2) is 23.0 Å². The zero-order valence-corrected chi connectivity index (χ0v) is 14.4. The number of morpholine rings is 1. The zero-order chi connectivity index (χ0) is 18.1. The molecule has 2 saturated heterocycles. The normalized spacial score (nSPS) is 18.4. The van der Waals surface area contributed by atoms with E-state index in [1.54, 1.807) is 32.9 Å². The van der Waals surface area contributed by atoms with Crippen LogP contribution in [0.25, 0.3) is 11.0 Å². The lowest BCUT2D eigenvalue weighted by Gasteiger charge is -2.38. The number of imidazole rings is 1. The Bertz CT molecular complexity index is 875. The highest BCUT2D eigenvalue weighted by Gasteiger charge is 2.28. The van der Waals surface area contributed by atoms with Crippen LogP contribution in [-0.4, -0.2) is 89.1 Å². The maximum Gasteiger partial charge on any atom is 0.323 e. The Kier molecular flexibility index (Phi) is 4.37. The van der Waals surface area contributed by atoms with Gasteiger partial charge in [0, 0.05) is 44.8 Å².